The quantitative estimate of drug-likeness (QED) is 0.803. The van der Waals surface area contributed by atoms with Crippen LogP contribution >= 0.6 is 0 Å². The zero-order chi connectivity index (χ0) is 13.5. The lowest BCUT2D eigenvalue weighted by Gasteiger charge is -2.13. The Labute approximate surface area is 105 Å². The maximum atomic E-state index is 11.9. The minimum atomic E-state index is -0.945. The lowest BCUT2D eigenvalue weighted by Crippen LogP contribution is -2.28. The molecule has 5 heteroatoms. The number of hydrogen-bond acceptors (Lipinski definition) is 4. The fourth-order valence-corrected chi connectivity index (χ4v) is 1.48. The van der Waals surface area contributed by atoms with Gasteiger partial charge in [-0.2, -0.15) is 5.26 Å². The number of carbonyl (C=O) groups excluding carboxylic acids is 2. The summed E-state index contributed by atoms with van der Waals surface area (Å²) in [5, 5.41) is 11.2. The van der Waals surface area contributed by atoms with Crippen LogP contribution in [0.2, 0.25) is 0 Å². The zero-order valence-corrected chi connectivity index (χ0v) is 10.3. The minimum Gasteiger partial charge on any atom is -0.495 e. The monoisotopic (exact) mass is 246 g/mol. The molecule has 0 aliphatic rings. The molecule has 0 aliphatic heterocycles. The van der Waals surface area contributed by atoms with E-state index < -0.39 is 11.8 Å². The largest absolute Gasteiger partial charge is 0.495 e. The van der Waals surface area contributed by atoms with Crippen LogP contribution in [0.1, 0.15) is 13.3 Å². The van der Waals surface area contributed by atoms with E-state index in [4.69, 9.17) is 10.00 Å². The van der Waals surface area contributed by atoms with Crippen molar-refractivity contribution >= 4 is 17.4 Å². The van der Waals surface area contributed by atoms with E-state index in [1.165, 1.54) is 14.0 Å². The van der Waals surface area contributed by atoms with Gasteiger partial charge in [-0.25, -0.2) is 0 Å². The van der Waals surface area contributed by atoms with Gasteiger partial charge in [0.05, 0.1) is 25.3 Å². The average Bonchev–Trinajstić information content (AvgIpc) is 2.36. The number of rotatable bonds is 5. The molecule has 0 fully saturated rings. The van der Waals surface area contributed by atoms with Gasteiger partial charge in [0, 0.05) is 0 Å². The van der Waals surface area contributed by atoms with Crippen molar-refractivity contribution in [1.29, 1.82) is 5.26 Å². The van der Waals surface area contributed by atoms with Crippen LogP contribution in [0, 0.1) is 17.2 Å². The number of ketones is 1. The number of nitrogens with zero attached hydrogens (tertiary/aromatic N) is 1. The highest BCUT2D eigenvalue weighted by molar-refractivity contribution is 6.07. The first kappa shape index (κ1) is 13.7. The second-order valence-electron chi connectivity index (χ2n) is 3.72. The van der Waals surface area contributed by atoms with Gasteiger partial charge in [-0.05, 0) is 19.1 Å². The number of hydrogen-bond donors (Lipinski definition) is 1. The molecule has 0 bridgehead atoms. The predicted molar refractivity (Wildman–Crippen MR) is 66.0 cm³/mol. The third kappa shape index (κ3) is 3.32. The van der Waals surface area contributed by atoms with Crippen LogP contribution in [-0.4, -0.2) is 18.8 Å². The highest BCUT2D eigenvalue weighted by atomic mass is 16.5. The Morgan fingerprint density at radius 1 is 1.44 bits per heavy atom. The summed E-state index contributed by atoms with van der Waals surface area (Å²) in [6.45, 7) is 1.30. The Morgan fingerprint density at radius 2 is 2.11 bits per heavy atom. The molecule has 0 saturated heterocycles. The Balaban J connectivity index is 2.86. The molecule has 1 unspecified atom stereocenters. The van der Waals surface area contributed by atoms with E-state index in [0.717, 1.165) is 0 Å². The molecule has 1 atom stereocenters. The molecule has 94 valence electrons. The Kier molecular flexibility index (Phi) is 4.88. The number of amides is 1. The molecule has 0 radical (unpaired) electrons. The second kappa shape index (κ2) is 6.40. The molecule has 18 heavy (non-hydrogen) atoms. The molecule has 0 saturated carbocycles. The van der Waals surface area contributed by atoms with Crippen LogP contribution in [0.25, 0.3) is 0 Å². The summed E-state index contributed by atoms with van der Waals surface area (Å²) in [5.41, 5.74) is 0.481. The van der Waals surface area contributed by atoms with Crippen molar-refractivity contribution in [3.63, 3.8) is 0 Å². The molecular weight excluding hydrogens is 232 g/mol. The molecule has 1 rings (SSSR count). The van der Waals surface area contributed by atoms with E-state index in [9.17, 15) is 9.59 Å². The summed E-state index contributed by atoms with van der Waals surface area (Å²) in [6.07, 6.45) is -0.129. The summed E-state index contributed by atoms with van der Waals surface area (Å²) in [4.78, 5) is 23.2. The number of carbonyl (C=O) groups is 2. The van der Waals surface area contributed by atoms with Gasteiger partial charge in [-0.15, -0.1) is 0 Å². The van der Waals surface area contributed by atoms with Crippen molar-refractivity contribution in [1.82, 2.24) is 0 Å². The summed E-state index contributed by atoms with van der Waals surface area (Å²) in [5.74, 6) is -1.26. The number of para-hydroxylation sites is 2. The molecule has 0 spiro atoms. The van der Waals surface area contributed by atoms with E-state index in [0.29, 0.717) is 11.4 Å². The number of Topliss-reactive ketones (excluding diaryl/α,β-unsaturated/α-hetero) is 1. The lowest BCUT2D eigenvalue weighted by atomic mass is 10.0. The number of nitriles is 1. The average molecular weight is 246 g/mol. The van der Waals surface area contributed by atoms with Crippen molar-refractivity contribution in [3.05, 3.63) is 24.3 Å². The van der Waals surface area contributed by atoms with Crippen LogP contribution in [-0.2, 0) is 9.59 Å². The maximum absolute atomic E-state index is 11.9. The maximum Gasteiger partial charge on any atom is 0.236 e. The van der Waals surface area contributed by atoms with Gasteiger partial charge in [0.25, 0.3) is 0 Å². The van der Waals surface area contributed by atoms with Crippen LogP contribution in [0.3, 0.4) is 0 Å². The lowest BCUT2D eigenvalue weighted by molar-refractivity contribution is -0.129. The van der Waals surface area contributed by atoms with Crippen molar-refractivity contribution in [2.75, 3.05) is 12.4 Å². The van der Waals surface area contributed by atoms with E-state index in [1.807, 2.05) is 6.07 Å². The Morgan fingerprint density at radius 3 is 2.67 bits per heavy atom. The topological polar surface area (TPSA) is 79.2 Å². The van der Waals surface area contributed by atoms with Crippen LogP contribution in [0.4, 0.5) is 5.69 Å². The summed E-state index contributed by atoms with van der Waals surface area (Å²) in [6, 6.07) is 8.71. The van der Waals surface area contributed by atoms with Crippen LogP contribution < -0.4 is 10.1 Å². The fourth-order valence-electron chi connectivity index (χ4n) is 1.48. The Bertz CT molecular complexity index is 491. The van der Waals surface area contributed by atoms with Gasteiger partial charge in [0.1, 0.15) is 17.5 Å². The van der Waals surface area contributed by atoms with Gasteiger partial charge in [-0.3, -0.25) is 9.59 Å². The van der Waals surface area contributed by atoms with Gasteiger partial charge >= 0.3 is 0 Å². The smallest absolute Gasteiger partial charge is 0.236 e. The first-order chi connectivity index (χ1) is 8.60. The van der Waals surface area contributed by atoms with Gasteiger partial charge in [0.15, 0.2) is 0 Å². The van der Waals surface area contributed by atoms with Gasteiger partial charge in [-0.1, -0.05) is 12.1 Å². The Hall–Kier alpha value is -2.35. The molecule has 1 amide bonds. The standard InChI is InChI=1S/C13H14N2O3/c1-9(16)10(7-8-14)13(17)15-11-5-3-4-6-12(11)18-2/h3-6,10H,7H2,1-2H3,(H,15,17). The molecule has 1 aromatic rings. The van der Waals surface area contributed by atoms with E-state index in [2.05, 4.69) is 5.32 Å². The third-order valence-electron chi connectivity index (χ3n) is 2.47. The predicted octanol–water partition coefficient (Wildman–Crippen LogP) is 1.75. The summed E-state index contributed by atoms with van der Waals surface area (Å²) < 4.78 is 5.08. The number of nitrogens with one attached hydrogen (secondary N) is 1. The van der Waals surface area contributed by atoms with E-state index >= 15 is 0 Å². The number of benzene rings is 1. The van der Waals surface area contributed by atoms with Gasteiger partial charge < -0.3 is 10.1 Å². The van der Waals surface area contributed by atoms with E-state index in [-0.39, 0.29) is 12.2 Å². The number of anilines is 1. The molecule has 0 aromatic heterocycles. The molecular formula is C13H14N2O3. The highest BCUT2D eigenvalue weighted by Gasteiger charge is 2.23. The fraction of sp³-hybridized carbons (Fsp3) is 0.308. The molecule has 1 aromatic carbocycles. The molecule has 5 nitrogen and oxygen atoms in total. The number of ether oxygens (including phenoxy) is 1. The third-order valence-corrected chi connectivity index (χ3v) is 2.47. The van der Waals surface area contributed by atoms with Crippen molar-refractivity contribution < 1.29 is 14.3 Å². The van der Waals surface area contributed by atoms with Crippen molar-refractivity contribution in [3.8, 4) is 11.8 Å². The zero-order valence-electron chi connectivity index (χ0n) is 10.3. The van der Waals surface area contributed by atoms with Crippen molar-refractivity contribution in [2.45, 2.75) is 13.3 Å². The first-order valence-electron chi connectivity index (χ1n) is 5.41. The van der Waals surface area contributed by atoms with Crippen LogP contribution in [0.15, 0.2) is 24.3 Å². The molecule has 0 aliphatic carbocycles. The first-order valence-corrected chi connectivity index (χ1v) is 5.41. The second-order valence-corrected chi connectivity index (χ2v) is 3.72. The SMILES string of the molecule is COc1ccccc1NC(=O)C(CC#N)C(C)=O. The summed E-state index contributed by atoms with van der Waals surface area (Å²) >= 11 is 0. The number of methoxy groups -OCH3 is 1. The molecule has 1 N–H and O–H groups in total. The van der Waals surface area contributed by atoms with Crippen molar-refractivity contribution in [2.24, 2.45) is 5.92 Å². The minimum absolute atomic E-state index is 0.129. The van der Waals surface area contributed by atoms with Gasteiger partial charge in [0.2, 0.25) is 5.91 Å². The van der Waals surface area contributed by atoms with Crippen LogP contribution in [0.5, 0.6) is 5.75 Å². The van der Waals surface area contributed by atoms with E-state index in [1.54, 1.807) is 24.3 Å². The normalized spacial score (nSPS) is 11.2. The highest BCUT2D eigenvalue weighted by Crippen LogP contribution is 2.23. The summed E-state index contributed by atoms with van der Waals surface area (Å²) in [7, 11) is 1.49. The molecule has 0 heterocycles.